The number of furan rings is 1. The van der Waals surface area contributed by atoms with Crippen LogP contribution < -0.4 is 10.6 Å². The topological polar surface area (TPSA) is 109 Å². The molecule has 2 N–H and O–H groups in total. The minimum absolute atomic E-state index is 0.112. The highest BCUT2D eigenvalue weighted by Gasteiger charge is 2.51. The predicted octanol–water partition coefficient (Wildman–Crippen LogP) is 3.84. The lowest BCUT2D eigenvalue weighted by Crippen LogP contribution is -2.48. The number of imide groups is 1. The first-order valence-electron chi connectivity index (χ1n) is 11.1. The van der Waals surface area contributed by atoms with Gasteiger partial charge in [0.2, 0.25) is 17.7 Å². The lowest BCUT2D eigenvalue weighted by molar-refractivity contribution is -0.147. The first-order chi connectivity index (χ1) is 15.8. The van der Waals surface area contributed by atoms with Gasteiger partial charge in [-0.15, -0.1) is 0 Å². The van der Waals surface area contributed by atoms with Crippen molar-refractivity contribution in [2.24, 2.45) is 17.8 Å². The summed E-state index contributed by atoms with van der Waals surface area (Å²) in [7, 11) is 0. The molecule has 0 radical (unpaired) electrons. The first kappa shape index (κ1) is 22.5. The molecule has 172 valence electrons. The van der Waals surface area contributed by atoms with Crippen molar-refractivity contribution in [1.29, 1.82) is 0 Å². The summed E-state index contributed by atoms with van der Waals surface area (Å²) in [6, 6.07) is 8.93. The number of rotatable bonds is 7. The molecule has 1 aliphatic carbocycles. The minimum atomic E-state index is -0.867. The van der Waals surface area contributed by atoms with Crippen molar-refractivity contribution in [3.63, 3.8) is 0 Å². The molecule has 3 atom stereocenters. The predicted molar refractivity (Wildman–Crippen MR) is 122 cm³/mol. The van der Waals surface area contributed by atoms with Crippen LogP contribution in [0.1, 0.15) is 43.7 Å². The van der Waals surface area contributed by atoms with Gasteiger partial charge in [-0.2, -0.15) is 0 Å². The van der Waals surface area contributed by atoms with Crippen LogP contribution in [0, 0.1) is 17.8 Å². The minimum Gasteiger partial charge on any atom is -0.459 e. The van der Waals surface area contributed by atoms with Gasteiger partial charge in [0.25, 0.3) is 5.91 Å². The molecular formula is C25H27N3O5. The van der Waals surface area contributed by atoms with E-state index in [2.05, 4.69) is 10.6 Å². The molecule has 1 saturated heterocycles. The van der Waals surface area contributed by atoms with E-state index < -0.39 is 11.9 Å². The van der Waals surface area contributed by atoms with Crippen LogP contribution in [0.15, 0.2) is 59.2 Å². The van der Waals surface area contributed by atoms with Crippen molar-refractivity contribution in [2.45, 2.75) is 39.2 Å². The Morgan fingerprint density at radius 1 is 0.970 bits per heavy atom. The standard InChI is InChI=1S/C25H27N3O5/c1-15(2)14-20(28-24(31)18-6-3-4-7-19(18)25(28)32)22(29)26-16-9-11-17(12-10-16)27-23(30)21-8-5-13-33-21/h3-5,8-13,15,18-20H,6-7,14H2,1-2H3,(H,26,29)(H,27,30). The molecule has 1 aliphatic heterocycles. The maximum atomic E-state index is 13.2. The van der Waals surface area contributed by atoms with E-state index >= 15 is 0 Å². The second-order valence-electron chi connectivity index (χ2n) is 8.85. The fraction of sp³-hybridized carbons (Fsp3) is 0.360. The second-order valence-corrected chi connectivity index (χ2v) is 8.85. The summed E-state index contributed by atoms with van der Waals surface area (Å²) in [6.07, 6.45) is 6.73. The lowest BCUT2D eigenvalue weighted by Gasteiger charge is -2.27. The Labute approximate surface area is 192 Å². The van der Waals surface area contributed by atoms with Gasteiger partial charge in [0.05, 0.1) is 18.1 Å². The zero-order valence-electron chi connectivity index (χ0n) is 18.6. The van der Waals surface area contributed by atoms with Gasteiger partial charge in [-0.1, -0.05) is 26.0 Å². The van der Waals surface area contributed by atoms with Crippen LogP contribution in [-0.4, -0.2) is 34.6 Å². The van der Waals surface area contributed by atoms with Gasteiger partial charge in [0, 0.05) is 11.4 Å². The van der Waals surface area contributed by atoms with Crippen molar-refractivity contribution < 1.29 is 23.6 Å². The number of anilines is 2. The molecular weight excluding hydrogens is 422 g/mol. The van der Waals surface area contributed by atoms with Gasteiger partial charge in [-0.05, 0) is 61.6 Å². The van der Waals surface area contributed by atoms with E-state index in [0.29, 0.717) is 30.6 Å². The monoisotopic (exact) mass is 449 g/mol. The molecule has 3 unspecified atom stereocenters. The third kappa shape index (κ3) is 4.74. The highest BCUT2D eigenvalue weighted by atomic mass is 16.3. The number of allylic oxidation sites excluding steroid dienone is 2. The molecule has 8 nitrogen and oxygen atoms in total. The number of hydrogen-bond donors (Lipinski definition) is 2. The number of carbonyl (C=O) groups is 4. The summed E-state index contributed by atoms with van der Waals surface area (Å²) in [6.45, 7) is 3.91. The molecule has 2 heterocycles. The Kier molecular flexibility index (Phi) is 6.44. The number of amides is 4. The second kappa shape index (κ2) is 9.44. The summed E-state index contributed by atoms with van der Waals surface area (Å²) in [5.41, 5.74) is 1.04. The van der Waals surface area contributed by atoms with Gasteiger partial charge in [0.1, 0.15) is 6.04 Å². The van der Waals surface area contributed by atoms with Crippen molar-refractivity contribution in [3.05, 3.63) is 60.6 Å². The van der Waals surface area contributed by atoms with Crippen molar-refractivity contribution in [1.82, 2.24) is 4.90 Å². The van der Waals surface area contributed by atoms with E-state index in [0.717, 1.165) is 0 Å². The number of likely N-dealkylation sites (tertiary alicyclic amines) is 1. The molecule has 1 aromatic heterocycles. The highest BCUT2D eigenvalue weighted by Crippen LogP contribution is 2.37. The lowest BCUT2D eigenvalue weighted by atomic mass is 9.85. The smallest absolute Gasteiger partial charge is 0.291 e. The van der Waals surface area contributed by atoms with E-state index in [1.165, 1.54) is 11.2 Å². The van der Waals surface area contributed by atoms with Crippen LogP contribution in [0.3, 0.4) is 0 Å². The molecule has 4 rings (SSSR count). The third-order valence-electron chi connectivity index (χ3n) is 6.01. The third-order valence-corrected chi connectivity index (χ3v) is 6.01. The summed E-state index contributed by atoms with van der Waals surface area (Å²) in [4.78, 5) is 52.5. The molecule has 8 heteroatoms. The molecule has 1 fully saturated rings. The van der Waals surface area contributed by atoms with Gasteiger partial charge < -0.3 is 15.1 Å². The van der Waals surface area contributed by atoms with Crippen LogP contribution in [-0.2, 0) is 14.4 Å². The van der Waals surface area contributed by atoms with E-state index in [9.17, 15) is 19.2 Å². The van der Waals surface area contributed by atoms with Crippen molar-refractivity contribution in [3.8, 4) is 0 Å². The number of carbonyl (C=O) groups excluding carboxylic acids is 4. The van der Waals surface area contributed by atoms with Crippen LogP contribution in [0.4, 0.5) is 11.4 Å². The summed E-state index contributed by atoms with van der Waals surface area (Å²) < 4.78 is 5.07. The molecule has 2 aliphatic rings. The molecule has 33 heavy (non-hydrogen) atoms. The number of nitrogens with one attached hydrogen (secondary N) is 2. The van der Waals surface area contributed by atoms with E-state index in [4.69, 9.17) is 4.42 Å². The van der Waals surface area contributed by atoms with Crippen molar-refractivity contribution in [2.75, 3.05) is 10.6 Å². The van der Waals surface area contributed by atoms with Gasteiger partial charge >= 0.3 is 0 Å². The van der Waals surface area contributed by atoms with Gasteiger partial charge in [-0.25, -0.2) is 0 Å². The maximum Gasteiger partial charge on any atom is 0.291 e. The molecule has 4 amide bonds. The van der Waals surface area contributed by atoms with E-state index in [1.54, 1.807) is 36.4 Å². The van der Waals surface area contributed by atoms with Gasteiger partial charge in [0.15, 0.2) is 5.76 Å². The molecule has 1 aromatic carbocycles. The summed E-state index contributed by atoms with van der Waals surface area (Å²) in [5, 5.41) is 5.53. The number of benzene rings is 1. The van der Waals surface area contributed by atoms with Crippen LogP contribution in [0.25, 0.3) is 0 Å². The average Bonchev–Trinajstić information content (AvgIpc) is 3.42. The zero-order valence-corrected chi connectivity index (χ0v) is 18.6. The molecule has 0 spiro atoms. The van der Waals surface area contributed by atoms with Crippen LogP contribution in [0.2, 0.25) is 0 Å². The molecule has 0 bridgehead atoms. The quantitative estimate of drug-likeness (QED) is 0.493. The van der Waals surface area contributed by atoms with Gasteiger partial charge in [-0.3, -0.25) is 24.1 Å². The summed E-state index contributed by atoms with van der Waals surface area (Å²) in [5.74, 6) is -1.73. The number of fused-ring (bicyclic) bond motifs is 1. The Hall–Kier alpha value is -3.68. The first-order valence-corrected chi connectivity index (χ1v) is 11.1. The van der Waals surface area contributed by atoms with Crippen molar-refractivity contribution >= 4 is 35.0 Å². The Balaban J connectivity index is 1.46. The molecule has 0 saturated carbocycles. The number of hydrogen-bond acceptors (Lipinski definition) is 5. The molecule has 2 aromatic rings. The Morgan fingerprint density at radius 2 is 1.55 bits per heavy atom. The maximum absolute atomic E-state index is 13.2. The zero-order chi connectivity index (χ0) is 23.5. The normalized spacial score (nSPS) is 20.6. The Morgan fingerprint density at radius 3 is 2.06 bits per heavy atom. The number of nitrogens with zero attached hydrogens (tertiary/aromatic N) is 1. The average molecular weight is 450 g/mol. The fourth-order valence-corrected chi connectivity index (χ4v) is 4.37. The highest BCUT2D eigenvalue weighted by molar-refractivity contribution is 6.10. The SMILES string of the molecule is CC(C)CC(C(=O)Nc1ccc(NC(=O)c2ccco2)cc1)N1C(=O)C2CC=CCC2C1=O. The summed E-state index contributed by atoms with van der Waals surface area (Å²) >= 11 is 0. The largest absolute Gasteiger partial charge is 0.459 e. The van der Waals surface area contributed by atoms with E-state index in [1.807, 2.05) is 26.0 Å². The van der Waals surface area contributed by atoms with E-state index in [-0.39, 0.29) is 41.2 Å². The Bertz CT molecular complexity index is 1050. The van der Waals surface area contributed by atoms with Crippen LogP contribution >= 0.6 is 0 Å². The van der Waals surface area contributed by atoms with Crippen LogP contribution in [0.5, 0.6) is 0 Å². The fourth-order valence-electron chi connectivity index (χ4n) is 4.37.